The van der Waals surface area contributed by atoms with Crippen LogP contribution in [0, 0.1) is 0 Å². The lowest BCUT2D eigenvalue weighted by molar-refractivity contribution is -0.167. The van der Waals surface area contributed by atoms with E-state index in [-0.39, 0.29) is 31.1 Å². The Morgan fingerprint density at radius 2 is 0.516 bits per heavy atom. The predicted molar refractivity (Wildman–Crippen MR) is 275 cm³/mol. The summed E-state index contributed by atoms with van der Waals surface area (Å²) in [7, 11) is 0. The van der Waals surface area contributed by atoms with Gasteiger partial charge in [0, 0.05) is 19.3 Å². The van der Waals surface area contributed by atoms with Crippen molar-refractivity contribution in [1.29, 1.82) is 0 Å². The summed E-state index contributed by atoms with van der Waals surface area (Å²) in [5.41, 5.74) is 0. The van der Waals surface area contributed by atoms with Crippen molar-refractivity contribution in [2.45, 2.75) is 316 Å². The van der Waals surface area contributed by atoms with Crippen LogP contribution in [0.15, 0.2) is 24.3 Å². The van der Waals surface area contributed by atoms with Crippen molar-refractivity contribution in [2.24, 2.45) is 0 Å². The number of ether oxygens (including phenoxy) is 3. The normalized spacial score (nSPS) is 12.1. The quantitative estimate of drug-likeness (QED) is 0.0262. The van der Waals surface area contributed by atoms with Gasteiger partial charge in [-0.1, -0.05) is 244 Å². The zero-order valence-corrected chi connectivity index (χ0v) is 43.1. The summed E-state index contributed by atoms with van der Waals surface area (Å²) in [6.45, 7) is 6.66. The topological polar surface area (TPSA) is 78.9 Å². The first-order valence-corrected chi connectivity index (χ1v) is 28.3. The highest BCUT2D eigenvalue weighted by Crippen LogP contribution is 2.16. The number of hydrogen-bond donors (Lipinski definition) is 0. The molecule has 0 bridgehead atoms. The third-order valence-electron chi connectivity index (χ3n) is 12.7. The number of carbonyl (C=O) groups is 3. The molecule has 0 heterocycles. The number of esters is 3. The summed E-state index contributed by atoms with van der Waals surface area (Å²) < 4.78 is 16.9. The van der Waals surface area contributed by atoms with Crippen molar-refractivity contribution in [2.75, 3.05) is 13.2 Å². The van der Waals surface area contributed by atoms with Gasteiger partial charge in [0.1, 0.15) is 13.2 Å². The molecule has 1 atom stereocenters. The molecule has 6 nitrogen and oxygen atoms in total. The van der Waals surface area contributed by atoms with E-state index in [2.05, 4.69) is 45.1 Å². The SMILES string of the molecule is CCCCCCCC/C=C\CCCCCCCC(=O)OC(COC(=O)CCCCCCCCC/C=C\CCCCCCCCC)COC(=O)CCCCCCCCCCCCCCC. The molecule has 0 amide bonds. The number of allylic oxidation sites excluding steroid dienone is 4. The van der Waals surface area contributed by atoms with Crippen molar-refractivity contribution >= 4 is 17.9 Å². The van der Waals surface area contributed by atoms with Gasteiger partial charge in [-0.15, -0.1) is 0 Å². The highest BCUT2D eigenvalue weighted by atomic mass is 16.6. The van der Waals surface area contributed by atoms with Gasteiger partial charge < -0.3 is 14.2 Å². The fourth-order valence-corrected chi connectivity index (χ4v) is 8.37. The molecule has 0 aliphatic carbocycles. The Labute approximate surface area is 398 Å². The smallest absolute Gasteiger partial charge is 0.306 e. The summed E-state index contributed by atoms with van der Waals surface area (Å²) in [5, 5.41) is 0. The van der Waals surface area contributed by atoms with Gasteiger partial charge in [-0.2, -0.15) is 0 Å². The van der Waals surface area contributed by atoms with E-state index >= 15 is 0 Å². The van der Waals surface area contributed by atoms with E-state index in [9.17, 15) is 14.4 Å². The number of carbonyl (C=O) groups excluding carboxylic acids is 3. The second kappa shape index (κ2) is 53.5. The fourth-order valence-electron chi connectivity index (χ4n) is 8.37. The van der Waals surface area contributed by atoms with Crippen LogP contribution in [-0.2, 0) is 28.6 Å². The molecule has 6 heteroatoms. The first-order chi connectivity index (χ1) is 31.5. The molecular formula is C58H108O6. The highest BCUT2D eigenvalue weighted by molar-refractivity contribution is 5.71. The van der Waals surface area contributed by atoms with Gasteiger partial charge in [0.05, 0.1) is 0 Å². The van der Waals surface area contributed by atoms with Gasteiger partial charge >= 0.3 is 17.9 Å². The Morgan fingerprint density at radius 1 is 0.297 bits per heavy atom. The maximum absolute atomic E-state index is 12.8. The molecule has 376 valence electrons. The fraction of sp³-hybridized carbons (Fsp3) is 0.879. The van der Waals surface area contributed by atoms with Crippen LogP contribution in [-0.4, -0.2) is 37.2 Å². The van der Waals surface area contributed by atoms with Crippen LogP contribution in [0.25, 0.3) is 0 Å². The molecule has 0 aromatic carbocycles. The summed E-state index contributed by atoms with van der Waals surface area (Å²) >= 11 is 0. The summed E-state index contributed by atoms with van der Waals surface area (Å²) in [6, 6.07) is 0. The van der Waals surface area contributed by atoms with Crippen LogP contribution in [0.2, 0.25) is 0 Å². The zero-order valence-electron chi connectivity index (χ0n) is 43.1. The largest absolute Gasteiger partial charge is 0.462 e. The van der Waals surface area contributed by atoms with E-state index in [1.807, 2.05) is 0 Å². The predicted octanol–water partition coefficient (Wildman–Crippen LogP) is 18.7. The Balaban J connectivity index is 4.34. The molecule has 0 aliphatic rings. The van der Waals surface area contributed by atoms with Gasteiger partial charge in [0.15, 0.2) is 6.10 Å². The van der Waals surface area contributed by atoms with Crippen LogP contribution < -0.4 is 0 Å². The van der Waals surface area contributed by atoms with Gasteiger partial charge in [-0.3, -0.25) is 14.4 Å². The molecule has 0 aromatic rings. The molecule has 0 fully saturated rings. The minimum Gasteiger partial charge on any atom is -0.462 e. The second-order valence-corrected chi connectivity index (χ2v) is 19.2. The van der Waals surface area contributed by atoms with Crippen molar-refractivity contribution in [3.8, 4) is 0 Å². The lowest BCUT2D eigenvalue weighted by Crippen LogP contribution is -2.30. The molecule has 0 saturated carbocycles. The zero-order chi connectivity index (χ0) is 46.5. The van der Waals surface area contributed by atoms with E-state index in [1.54, 1.807) is 0 Å². The monoisotopic (exact) mass is 901 g/mol. The van der Waals surface area contributed by atoms with E-state index < -0.39 is 6.10 Å². The second-order valence-electron chi connectivity index (χ2n) is 19.2. The first kappa shape index (κ1) is 61.9. The van der Waals surface area contributed by atoms with E-state index in [1.165, 1.54) is 205 Å². The summed E-state index contributed by atoms with van der Waals surface area (Å²) in [5.74, 6) is -0.867. The number of hydrogen-bond acceptors (Lipinski definition) is 6. The molecule has 0 spiro atoms. The highest BCUT2D eigenvalue weighted by Gasteiger charge is 2.19. The maximum atomic E-state index is 12.8. The first-order valence-electron chi connectivity index (χ1n) is 28.3. The van der Waals surface area contributed by atoms with Crippen LogP contribution >= 0.6 is 0 Å². The van der Waals surface area contributed by atoms with Gasteiger partial charge in [0.25, 0.3) is 0 Å². The number of unbranched alkanes of at least 4 members (excludes halogenated alkanes) is 37. The lowest BCUT2D eigenvalue weighted by atomic mass is 10.0. The number of rotatable bonds is 52. The van der Waals surface area contributed by atoms with Gasteiger partial charge in [-0.05, 0) is 70.6 Å². The molecule has 0 saturated heterocycles. The minimum absolute atomic E-state index is 0.0718. The van der Waals surface area contributed by atoms with Crippen LogP contribution in [0.3, 0.4) is 0 Å². The molecule has 64 heavy (non-hydrogen) atoms. The van der Waals surface area contributed by atoms with Crippen molar-refractivity contribution in [3.63, 3.8) is 0 Å². The summed E-state index contributed by atoms with van der Waals surface area (Å²) in [4.78, 5) is 38.1. The molecule has 0 rings (SSSR count). The third kappa shape index (κ3) is 50.9. The average molecular weight is 901 g/mol. The average Bonchev–Trinajstić information content (AvgIpc) is 3.29. The van der Waals surface area contributed by atoms with E-state index in [4.69, 9.17) is 14.2 Å². The molecule has 1 unspecified atom stereocenters. The molecule has 0 radical (unpaired) electrons. The Kier molecular flexibility index (Phi) is 51.7. The molecule has 0 aromatic heterocycles. The van der Waals surface area contributed by atoms with Crippen LogP contribution in [0.4, 0.5) is 0 Å². The molecular weight excluding hydrogens is 793 g/mol. The Morgan fingerprint density at radius 3 is 0.781 bits per heavy atom. The standard InChI is InChI=1S/C58H108O6/c1-4-7-10-13-16-19-22-25-27-28-29-31-33-36-39-42-45-48-51-57(60)63-54-55(53-62-56(59)50-47-44-41-38-35-32-24-21-18-15-12-9-6-3)64-58(61)52-49-46-43-40-37-34-30-26-23-20-17-14-11-8-5-2/h26-28,30,55H,4-25,29,31-54H2,1-3H3/b28-27-,30-26-. The van der Waals surface area contributed by atoms with Crippen molar-refractivity contribution in [1.82, 2.24) is 0 Å². The molecule has 0 N–H and O–H groups in total. The molecule has 0 aliphatic heterocycles. The van der Waals surface area contributed by atoms with Gasteiger partial charge in [-0.25, -0.2) is 0 Å². The summed E-state index contributed by atoms with van der Waals surface area (Å²) in [6.07, 6.45) is 61.6. The van der Waals surface area contributed by atoms with Crippen molar-refractivity contribution in [3.05, 3.63) is 24.3 Å². The van der Waals surface area contributed by atoms with E-state index in [0.717, 1.165) is 64.2 Å². The maximum Gasteiger partial charge on any atom is 0.306 e. The van der Waals surface area contributed by atoms with E-state index in [0.29, 0.717) is 19.3 Å². The third-order valence-corrected chi connectivity index (χ3v) is 12.7. The van der Waals surface area contributed by atoms with Crippen LogP contribution in [0.1, 0.15) is 310 Å². The Hall–Kier alpha value is -2.11. The van der Waals surface area contributed by atoms with Gasteiger partial charge in [0.2, 0.25) is 0 Å². The lowest BCUT2D eigenvalue weighted by Gasteiger charge is -2.18. The van der Waals surface area contributed by atoms with Crippen LogP contribution in [0.5, 0.6) is 0 Å². The van der Waals surface area contributed by atoms with Crippen molar-refractivity contribution < 1.29 is 28.6 Å². The Bertz CT molecular complexity index is 1040. The minimum atomic E-state index is -0.773.